The van der Waals surface area contributed by atoms with E-state index >= 15 is 0 Å². The van der Waals surface area contributed by atoms with E-state index < -0.39 is 8.60 Å². The molecular formula is C41H69O3P. The second-order valence-corrected chi connectivity index (χ2v) is 18.3. The molecule has 2 rings (SSSR count). The van der Waals surface area contributed by atoms with E-state index in [9.17, 15) is 0 Å². The predicted octanol–water partition coefficient (Wildman–Crippen LogP) is 13.9. The van der Waals surface area contributed by atoms with Crippen molar-refractivity contribution >= 4 is 8.60 Å². The maximum absolute atomic E-state index is 6.73. The Bertz CT molecular complexity index is 1060. The SMILES string of the molecule is CCCCCCCCCCCCCOP(Oc1ccc(C(C)(C)C)cc1C(C)(C)C)Oc1ccc(C(C)(C)C)cc1C(C)(C)C. The summed E-state index contributed by atoms with van der Waals surface area (Å²) < 4.78 is 19.9. The number of benzene rings is 2. The molecule has 0 spiro atoms. The summed E-state index contributed by atoms with van der Waals surface area (Å²) in [6.07, 6.45) is 14.4. The minimum atomic E-state index is -1.65. The molecule has 0 aliphatic carbocycles. The lowest BCUT2D eigenvalue weighted by Gasteiger charge is -2.30. The Morgan fingerprint density at radius 1 is 0.467 bits per heavy atom. The first-order chi connectivity index (χ1) is 20.8. The van der Waals surface area contributed by atoms with Gasteiger partial charge in [0.1, 0.15) is 11.5 Å². The zero-order valence-corrected chi connectivity index (χ0v) is 32.5. The summed E-state index contributed by atoms with van der Waals surface area (Å²) in [5, 5.41) is 0. The molecule has 0 aliphatic rings. The van der Waals surface area contributed by atoms with Crippen LogP contribution in [0.3, 0.4) is 0 Å². The molecule has 0 heterocycles. The van der Waals surface area contributed by atoms with E-state index in [1.165, 1.54) is 86.5 Å². The normalized spacial score (nSPS) is 13.0. The summed E-state index contributed by atoms with van der Waals surface area (Å²) in [7, 11) is -1.65. The van der Waals surface area contributed by atoms with E-state index in [1.54, 1.807) is 0 Å². The topological polar surface area (TPSA) is 27.7 Å². The van der Waals surface area contributed by atoms with Gasteiger partial charge in [0.15, 0.2) is 0 Å². The van der Waals surface area contributed by atoms with E-state index in [0.717, 1.165) is 17.9 Å². The van der Waals surface area contributed by atoms with Crippen molar-refractivity contribution in [2.45, 2.75) is 182 Å². The molecule has 4 heteroatoms. The van der Waals surface area contributed by atoms with E-state index in [-0.39, 0.29) is 21.7 Å². The molecule has 0 amide bonds. The van der Waals surface area contributed by atoms with Gasteiger partial charge in [-0.2, -0.15) is 0 Å². The second-order valence-electron chi connectivity index (χ2n) is 17.2. The van der Waals surface area contributed by atoms with Crippen molar-refractivity contribution in [1.29, 1.82) is 0 Å². The summed E-state index contributed by atoms with van der Waals surface area (Å²) >= 11 is 0. The molecule has 0 saturated carbocycles. The summed E-state index contributed by atoms with van der Waals surface area (Å²) in [4.78, 5) is 0. The van der Waals surface area contributed by atoms with Crippen molar-refractivity contribution < 1.29 is 13.6 Å². The van der Waals surface area contributed by atoms with Crippen LogP contribution in [0.1, 0.15) is 183 Å². The highest BCUT2D eigenvalue weighted by molar-refractivity contribution is 7.42. The van der Waals surface area contributed by atoms with Gasteiger partial charge in [0, 0.05) is 11.1 Å². The fraction of sp³-hybridized carbons (Fsp3) is 0.707. The van der Waals surface area contributed by atoms with Crippen LogP contribution in [0.4, 0.5) is 0 Å². The van der Waals surface area contributed by atoms with Crippen LogP contribution in [-0.2, 0) is 26.2 Å². The smallest absolute Gasteiger partial charge is 0.417 e. The van der Waals surface area contributed by atoms with Gasteiger partial charge in [-0.3, -0.25) is 4.52 Å². The Morgan fingerprint density at radius 2 is 0.822 bits per heavy atom. The molecular weight excluding hydrogens is 571 g/mol. The Kier molecular flexibility index (Phi) is 15.4. The second kappa shape index (κ2) is 17.5. The third-order valence-corrected chi connectivity index (χ3v) is 9.68. The molecule has 2 aromatic rings. The summed E-state index contributed by atoms with van der Waals surface area (Å²) in [5.41, 5.74) is 4.92. The van der Waals surface area contributed by atoms with Gasteiger partial charge in [0.25, 0.3) is 0 Å². The zero-order valence-electron chi connectivity index (χ0n) is 31.6. The van der Waals surface area contributed by atoms with Crippen LogP contribution in [0.25, 0.3) is 0 Å². The lowest BCUT2D eigenvalue weighted by molar-refractivity contribution is 0.255. The van der Waals surface area contributed by atoms with Crippen molar-refractivity contribution in [3.63, 3.8) is 0 Å². The first kappa shape index (κ1) is 39.6. The van der Waals surface area contributed by atoms with E-state index in [1.807, 2.05) is 0 Å². The Hall–Kier alpha value is -1.57. The highest BCUT2D eigenvalue weighted by Gasteiger charge is 2.29. The average molecular weight is 641 g/mol. The molecule has 0 atom stereocenters. The maximum atomic E-state index is 6.73. The summed E-state index contributed by atoms with van der Waals surface area (Å²) in [6, 6.07) is 13.3. The molecule has 45 heavy (non-hydrogen) atoms. The minimum Gasteiger partial charge on any atom is -0.417 e. The fourth-order valence-corrected chi connectivity index (χ4v) is 6.52. The van der Waals surface area contributed by atoms with Gasteiger partial charge in [-0.05, 0) is 51.3 Å². The first-order valence-corrected chi connectivity index (χ1v) is 19.0. The van der Waals surface area contributed by atoms with Crippen molar-refractivity contribution in [2.24, 2.45) is 0 Å². The number of hydrogen-bond acceptors (Lipinski definition) is 3. The van der Waals surface area contributed by atoms with Gasteiger partial charge in [-0.15, -0.1) is 0 Å². The first-order valence-electron chi connectivity index (χ1n) is 17.9. The molecule has 0 saturated heterocycles. The Labute approximate surface area is 280 Å². The van der Waals surface area contributed by atoms with Crippen LogP contribution in [0.5, 0.6) is 11.5 Å². The van der Waals surface area contributed by atoms with Gasteiger partial charge in [0.2, 0.25) is 0 Å². The third-order valence-electron chi connectivity index (χ3n) is 8.60. The summed E-state index contributed by atoms with van der Waals surface area (Å²) in [5.74, 6) is 1.70. The van der Waals surface area contributed by atoms with Crippen LogP contribution >= 0.6 is 8.60 Å². The van der Waals surface area contributed by atoms with Gasteiger partial charge in [0.05, 0.1) is 6.61 Å². The van der Waals surface area contributed by atoms with Gasteiger partial charge < -0.3 is 9.05 Å². The molecule has 0 aliphatic heterocycles. The van der Waals surface area contributed by atoms with E-state index in [2.05, 4.69) is 126 Å². The Morgan fingerprint density at radius 3 is 1.16 bits per heavy atom. The van der Waals surface area contributed by atoms with Crippen molar-refractivity contribution in [3.8, 4) is 11.5 Å². The minimum absolute atomic E-state index is 0.0573. The number of rotatable bonds is 17. The maximum Gasteiger partial charge on any atom is 0.463 e. The Balaban J connectivity index is 2.22. The van der Waals surface area contributed by atoms with Crippen LogP contribution in [0.2, 0.25) is 0 Å². The molecule has 0 fully saturated rings. The van der Waals surface area contributed by atoms with E-state index in [4.69, 9.17) is 13.6 Å². The van der Waals surface area contributed by atoms with Crippen LogP contribution in [0, 0.1) is 0 Å². The standard InChI is InChI=1S/C41H69O3P/c1-14-15-16-17-18-19-20-21-22-23-24-29-42-45(43-36-27-25-32(38(2,3)4)30-34(36)40(8,9)10)44-37-28-26-33(39(5,6)7)31-35(37)41(11,12)13/h25-28,30-31H,14-24,29H2,1-13H3. The highest BCUT2D eigenvalue weighted by atomic mass is 31.2. The van der Waals surface area contributed by atoms with Gasteiger partial charge >= 0.3 is 8.60 Å². The quantitative estimate of drug-likeness (QED) is 0.127. The predicted molar refractivity (Wildman–Crippen MR) is 198 cm³/mol. The highest BCUT2D eigenvalue weighted by Crippen LogP contribution is 2.48. The monoisotopic (exact) mass is 640 g/mol. The molecule has 0 bridgehead atoms. The zero-order chi connectivity index (χ0) is 33.9. The number of hydrogen-bond donors (Lipinski definition) is 0. The lowest BCUT2D eigenvalue weighted by Crippen LogP contribution is -2.18. The lowest BCUT2D eigenvalue weighted by atomic mass is 9.80. The molecule has 0 unspecified atom stereocenters. The van der Waals surface area contributed by atoms with Gasteiger partial charge in [-0.1, -0.05) is 178 Å². The number of unbranched alkanes of at least 4 members (excludes halogenated alkanes) is 10. The average Bonchev–Trinajstić information content (AvgIpc) is 2.91. The van der Waals surface area contributed by atoms with Crippen molar-refractivity contribution in [1.82, 2.24) is 0 Å². The van der Waals surface area contributed by atoms with Crippen molar-refractivity contribution in [3.05, 3.63) is 58.7 Å². The molecule has 0 radical (unpaired) electrons. The largest absolute Gasteiger partial charge is 0.463 e. The molecule has 0 N–H and O–H groups in total. The van der Waals surface area contributed by atoms with E-state index in [0.29, 0.717) is 6.61 Å². The third kappa shape index (κ3) is 14.0. The molecule has 0 aromatic heterocycles. The van der Waals surface area contributed by atoms with Crippen LogP contribution in [-0.4, -0.2) is 6.61 Å². The van der Waals surface area contributed by atoms with Crippen LogP contribution in [0.15, 0.2) is 36.4 Å². The fourth-order valence-electron chi connectivity index (χ4n) is 5.46. The van der Waals surface area contributed by atoms with Gasteiger partial charge in [-0.25, -0.2) is 0 Å². The van der Waals surface area contributed by atoms with Crippen LogP contribution < -0.4 is 9.05 Å². The summed E-state index contributed by atoms with van der Waals surface area (Å²) in [6.45, 7) is 30.0. The molecule has 3 nitrogen and oxygen atoms in total. The molecule has 2 aromatic carbocycles. The molecule has 256 valence electrons. The van der Waals surface area contributed by atoms with Crippen molar-refractivity contribution in [2.75, 3.05) is 6.61 Å².